The average molecular weight is 284 g/mol. The minimum absolute atomic E-state index is 0.204. The number of amides is 1. The monoisotopic (exact) mass is 284 g/mol. The molecule has 1 rings (SSSR count). The highest BCUT2D eigenvalue weighted by molar-refractivity contribution is 7.09. The Morgan fingerprint density at radius 3 is 2.74 bits per heavy atom. The molecule has 0 radical (unpaired) electrons. The lowest BCUT2D eigenvalue weighted by Crippen LogP contribution is -2.41. The Bertz CT molecular complexity index is 404. The topological polar surface area (TPSA) is 79.3 Å². The molecule has 0 aliphatic rings. The lowest BCUT2D eigenvalue weighted by atomic mass is 10.0. The van der Waals surface area contributed by atoms with Gasteiger partial charge < -0.3 is 10.4 Å². The van der Waals surface area contributed by atoms with E-state index in [2.05, 4.69) is 10.3 Å². The lowest BCUT2D eigenvalue weighted by Gasteiger charge is -2.16. The van der Waals surface area contributed by atoms with E-state index in [0.29, 0.717) is 19.3 Å². The summed E-state index contributed by atoms with van der Waals surface area (Å²) in [6, 6.07) is -0.785. The van der Waals surface area contributed by atoms with E-state index in [1.807, 2.05) is 19.2 Å². The van der Waals surface area contributed by atoms with Crippen molar-refractivity contribution in [1.82, 2.24) is 10.3 Å². The fourth-order valence-corrected chi connectivity index (χ4v) is 2.40. The van der Waals surface area contributed by atoms with Crippen molar-refractivity contribution < 1.29 is 14.7 Å². The van der Waals surface area contributed by atoms with Crippen molar-refractivity contribution in [3.05, 3.63) is 16.6 Å². The second-order valence-electron chi connectivity index (χ2n) is 4.87. The zero-order valence-corrected chi connectivity index (χ0v) is 12.1. The van der Waals surface area contributed by atoms with E-state index >= 15 is 0 Å². The number of hydrogen-bond donors (Lipinski definition) is 2. The van der Waals surface area contributed by atoms with Crippen LogP contribution in [-0.4, -0.2) is 28.0 Å². The third kappa shape index (κ3) is 6.33. The number of thiazole rings is 1. The average Bonchev–Trinajstić information content (AvgIpc) is 2.80. The summed E-state index contributed by atoms with van der Waals surface area (Å²) in [6.07, 6.45) is 3.97. The zero-order valence-electron chi connectivity index (χ0n) is 11.3. The molecule has 0 fully saturated rings. The first-order valence-corrected chi connectivity index (χ1v) is 7.27. The number of aryl methyl sites for hydroxylation is 1. The third-order valence-corrected chi connectivity index (χ3v) is 3.46. The van der Waals surface area contributed by atoms with Crippen LogP contribution in [0.1, 0.15) is 38.1 Å². The number of nitrogens with zero attached hydrogens (tertiary/aromatic N) is 1. The number of carboxylic acids is 1. The van der Waals surface area contributed by atoms with E-state index in [0.717, 1.165) is 11.4 Å². The number of carbonyl (C=O) groups is 2. The van der Waals surface area contributed by atoms with Crippen LogP contribution in [0.2, 0.25) is 0 Å². The van der Waals surface area contributed by atoms with E-state index in [1.54, 1.807) is 17.5 Å². The summed E-state index contributed by atoms with van der Waals surface area (Å²) in [5.74, 6) is -0.941. The summed E-state index contributed by atoms with van der Waals surface area (Å²) in [5.41, 5.74) is 0. The van der Waals surface area contributed by atoms with Gasteiger partial charge in [0, 0.05) is 18.0 Å². The van der Waals surface area contributed by atoms with Crippen LogP contribution in [0.5, 0.6) is 0 Å². The predicted octanol–water partition coefficient (Wildman–Crippen LogP) is 2.08. The van der Waals surface area contributed by atoms with Gasteiger partial charge in [-0.1, -0.05) is 13.8 Å². The van der Waals surface area contributed by atoms with Gasteiger partial charge in [-0.15, -0.1) is 11.3 Å². The van der Waals surface area contributed by atoms with E-state index < -0.39 is 12.0 Å². The Morgan fingerprint density at radius 2 is 2.21 bits per heavy atom. The lowest BCUT2D eigenvalue weighted by molar-refractivity contribution is -0.142. The summed E-state index contributed by atoms with van der Waals surface area (Å²) in [4.78, 5) is 26.8. The minimum atomic E-state index is -0.970. The van der Waals surface area contributed by atoms with E-state index in [4.69, 9.17) is 5.11 Å². The van der Waals surface area contributed by atoms with E-state index in [-0.39, 0.29) is 11.8 Å². The molecule has 2 N–H and O–H groups in total. The maximum absolute atomic E-state index is 11.7. The van der Waals surface area contributed by atoms with Gasteiger partial charge in [0.25, 0.3) is 0 Å². The predicted molar refractivity (Wildman–Crippen MR) is 74.1 cm³/mol. The van der Waals surface area contributed by atoms with Crippen LogP contribution in [0.15, 0.2) is 11.6 Å². The molecule has 0 aliphatic carbocycles. The number of carbonyl (C=O) groups excluding carboxylic acids is 1. The molecule has 1 aromatic heterocycles. The van der Waals surface area contributed by atoms with Gasteiger partial charge in [0.2, 0.25) is 5.91 Å². The molecule has 0 aliphatic heterocycles. The van der Waals surface area contributed by atoms with Gasteiger partial charge in [-0.05, 0) is 25.2 Å². The third-order valence-electron chi connectivity index (χ3n) is 2.62. The van der Waals surface area contributed by atoms with Crippen LogP contribution in [0.3, 0.4) is 0 Å². The highest BCUT2D eigenvalue weighted by Gasteiger charge is 2.20. The first kappa shape index (κ1) is 15.6. The van der Waals surface area contributed by atoms with Crippen LogP contribution in [-0.2, 0) is 16.0 Å². The molecule has 6 heteroatoms. The van der Waals surface area contributed by atoms with Crippen molar-refractivity contribution in [3.63, 3.8) is 0 Å². The Balaban J connectivity index is 2.30. The molecule has 0 aromatic carbocycles. The molecule has 0 spiro atoms. The molecule has 1 amide bonds. The van der Waals surface area contributed by atoms with Gasteiger partial charge in [-0.2, -0.15) is 0 Å². The summed E-state index contributed by atoms with van der Waals surface area (Å²) in [7, 11) is 0. The smallest absolute Gasteiger partial charge is 0.326 e. The molecule has 0 bridgehead atoms. The normalized spacial score (nSPS) is 12.4. The van der Waals surface area contributed by atoms with Gasteiger partial charge in [-0.25, -0.2) is 9.78 Å². The fraction of sp³-hybridized carbons (Fsp3) is 0.615. The number of nitrogens with one attached hydrogen (secondary N) is 1. The standard InChI is InChI=1S/C13H20N2O3S/c1-9(2)8-10(13(17)18)15-11(16)4-3-5-12-14-6-7-19-12/h6-7,9-10H,3-5,8H2,1-2H3,(H,15,16)(H,17,18)/t10-/m0/s1. The molecular formula is C13H20N2O3S. The van der Waals surface area contributed by atoms with Crippen LogP contribution in [0.4, 0.5) is 0 Å². The van der Waals surface area contributed by atoms with Crippen LogP contribution < -0.4 is 5.32 Å². The zero-order chi connectivity index (χ0) is 14.3. The minimum Gasteiger partial charge on any atom is -0.480 e. The molecule has 106 valence electrons. The molecule has 0 saturated heterocycles. The molecule has 0 saturated carbocycles. The van der Waals surface area contributed by atoms with Crippen LogP contribution >= 0.6 is 11.3 Å². The quantitative estimate of drug-likeness (QED) is 0.766. The van der Waals surface area contributed by atoms with Gasteiger partial charge >= 0.3 is 5.97 Å². The van der Waals surface area contributed by atoms with Crippen molar-refractivity contribution in [2.75, 3.05) is 0 Å². The highest BCUT2D eigenvalue weighted by Crippen LogP contribution is 2.09. The van der Waals surface area contributed by atoms with E-state index in [1.165, 1.54) is 0 Å². The largest absolute Gasteiger partial charge is 0.480 e. The second kappa shape index (κ2) is 7.89. The van der Waals surface area contributed by atoms with Crippen molar-refractivity contribution in [2.24, 2.45) is 5.92 Å². The molecule has 1 aromatic rings. The Morgan fingerprint density at radius 1 is 1.47 bits per heavy atom. The molecule has 5 nitrogen and oxygen atoms in total. The second-order valence-corrected chi connectivity index (χ2v) is 5.85. The molecular weight excluding hydrogens is 264 g/mol. The van der Waals surface area contributed by atoms with Gasteiger partial charge in [-0.3, -0.25) is 4.79 Å². The van der Waals surface area contributed by atoms with Crippen molar-refractivity contribution in [1.29, 1.82) is 0 Å². The number of hydrogen-bond acceptors (Lipinski definition) is 4. The van der Waals surface area contributed by atoms with Crippen molar-refractivity contribution in [2.45, 2.75) is 45.6 Å². The first-order valence-electron chi connectivity index (χ1n) is 6.39. The van der Waals surface area contributed by atoms with Gasteiger partial charge in [0.1, 0.15) is 6.04 Å². The number of aliphatic carboxylic acids is 1. The first-order chi connectivity index (χ1) is 8.99. The summed E-state index contributed by atoms with van der Waals surface area (Å²) in [6.45, 7) is 3.87. The molecule has 1 atom stereocenters. The maximum Gasteiger partial charge on any atom is 0.326 e. The van der Waals surface area contributed by atoms with Crippen molar-refractivity contribution >= 4 is 23.2 Å². The SMILES string of the molecule is CC(C)C[C@H](NC(=O)CCCc1nccs1)C(=O)O. The number of carboxylic acid groups (broad SMARTS) is 1. The Kier molecular flexibility index (Phi) is 6.49. The van der Waals surface area contributed by atoms with Crippen LogP contribution in [0.25, 0.3) is 0 Å². The molecule has 1 heterocycles. The molecule has 0 unspecified atom stereocenters. The van der Waals surface area contributed by atoms with Crippen molar-refractivity contribution in [3.8, 4) is 0 Å². The summed E-state index contributed by atoms with van der Waals surface area (Å²) >= 11 is 1.56. The fourth-order valence-electron chi connectivity index (χ4n) is 1.74. The Labute approximate surface area is 117 Å². The summed E-state index contributed by atoms with van der Waals surface area (Å²) < 4.78 is 0. The molecule has 19 heavy (non-hydrogen) atoms. The maximum atomic E-state index is 11.7. The van der Waals surface area contributed by atoms with Gasteiger partial charge in [0.15, 0.2) is 0 Å². The summed E-state index contributed by atoms with van der Waals surface area (Å²) in [5, 5.41) is 14.5. The number of rotatable bonds is 8. The number of aromatic nitrogens is 1. The van der Waals surface area contributed by atoms with Crippen LogP contribution in [0, 0.1) is 5.92 Å². The van der Waals surface area contributed by atoms with Gasteiger partial charge in [0.05, 0.1) is 5.01 Å². The Hall–Kier alpha value is -1.43. The van der Waals surface area contributed by atoms with E-state index in [9.17, 15) is 9.59 Å². The highest BCUT2D eigenvalue weighted by atomic mass is 32.1.